The number of carbonyl (C=O) groups is 5. The highest BCUT2D eigenvalue weighted by Crippen LogP contribution is 2.09. The van der Waals surface area contributed by atoms with Crippen LogP contribution in [0.15, 0.2) is 4.99 Å². The largest absolute Gasteiger partial charge is 0.481 e. The van der Waals surface area contributed by atoms with Gasteiger partial charge < -0.3 is 43.4 Å². The number of nitrogens with zero attached hydrogens (tertiary/aromatic N) is 1. The van der Waals surface area contributed by atoms with Crippen LogP contribution in [0.2, 0.25) is 0 Å². The van der Waals surface area contributed by atoms with Gasteiger partial charge >= 0.3 is 11.9 Å². The molecule has 0 heterocycles. The topological polar surface area (TPSA) is 252 Å². The smallest absolute Gasteiger partial charge is 0.326 e. The van der Waals surface area contributed by atoms with Gasteiger partial charge in [-0.05, 0) is 50.0 Å². The molecule has 0 saturated heterocycles. The van der Waals surface area contributed by atoms with Crippen LogP contribution in [0.5, 0.6) is 0 Å². The number of aliphatic carboxylic acids is 2. The number of carboxylic acid groups (broad SMARTS) is 2. The number of hydrogen-bond acceptors (Lipinski definition) is 8. The lowest BCUT2D eigenvalue weighted by Gasteiger charge is -2.26. The molecule has 0 aliphatic heterocycles. The van der Waals surface area contributed by atoms with E-state index >= 15 is 0 Å². The van der Waals surface area contributed by atoms with E-state index in [1.54, 1.807) is 0 Å². The van der Waals surface area contributed by atoms with Crippen LogP contribution in [0.25, 0.3) is 0 Å². The van der Waals surface area contributed by atoms with E-state index in [2.05, 4.69) is 20.9 Å². The summed E-state index contributed by atoms with van der Waals surface area (Å²) in [5.41, 5.74) is 16.3. The monoisotopic (exact) mass is 547 g/mol. The molecule has 11 N–H and O–H groups in total. The molecular formula is C22H41N7O7S. The number of nitrogens with one attached hydrogen (secondary N) is 3. The third kappa shape index (κ3) is 15.6. The molecule has 0 rings (SSSR count). The van der Waals surface area contributed by atoms with Crippen molar-refractivity contribution in [2.45, 2.75) is 76.5 Å². The fourth-order valence-corrected chi connectivity index (χ4v) is 3.67. The lowest BCUT2D eigenvalue weighted by atomic mass is 10.0. The van der Waals surface area contributed by atoms with E-state index < -0.39 is 53.8 Å². The van der Waals surface area contributed by atoms with E-state index in [4.69, 9.17) is 22.3 Å². The minimum atomic E-state index is -1.24. The van der Waals surface area contributed by atoms with E-state index in [9.17, 15) is 29.1 Å². The minimum Gasteiger partial charge on any atom is -0.481 e. The Kier molecular flexibility index (Phi) is 16.7. The number of hydrogen-bond donors (Lipinski definition) is 8. The van der Waals surface area contributed by atoms with E-state index in [0.29, 0.717) is 12.2 Å². The zero-order valence-electron chi connectivity index (χ0n) is 21.6. The van der Waals surface area contributed by atoms with Gasteiger partial charge in [-0.2, -0.15) is 11.8 Å². The number of carbonyl (C=O) groups excluding carboxylic acids is 3. The maximum Gasteiger partial charge on any atom is 0.326 e. The van der Waals surface area contributed by atoms with E-state index in [1.165, 1.54) is 11.8 Å². The zero-order valence-corrected chi connectivity index (χ0v) is 22.4. The third-order valence-electron chi connectivity index (χ3n) is 5.15. The summed E-state index contributed by atoms with van der Waals surface area (Å²) < 4.78 is 0. The van der Waals surface area contributed by atoms with Crippen LogP contribution in [-0.2, 0) is 24.0 Å². The van der Waals surface area contributed by atoms with E-state index in [-0.39, 0.29) is 50.5 Å². The quantitative estimate of drug-likeness (QED) is 0.0528. The second-order valence-electron chi connectivity index (χ2n) is 8.92. The van der Waals surface area contributed by atoms with Gasteiger partial charge in [0, 0.05) is 13.0 Å². The van der Waals surface area contributed by atoms with Crippen molar-refractivity contribution in [3.05, 3.63) is 0 Å². The van der Waals surface area contributed by atoms with Gasteiger partial charge in [0.05, 0.1) is 6.04 Å². The second-order valence-corrected chi connectivity index (χ2v) is 9.91. The van der Waals surface area contributed by atoms with Crippen LogP contribution in [0.3, 0.4) is 0 Å². The Morgan fingerprint density at radius 2 is 1.43 bits per heavy atom. The van der Waals surface area contributed by atoms with Gasteiger partial charge in [0.1, 0.15) is 18.1 Å². The molecule has 0 fully saturated rings. The number of carboxylic acids is 2. The molecule has 0 spiro atoms. The van der Waals surface area contributed by atoms with Crippen molar-refractivity contribution in [2.75, 3.05) is 18.6 Å². The minimum absolute atomic E-state index is 0.0233. The number of guanidine groups is 1. The summed E-state index contributed by atoms with van der Waals surface area (Å²) in [5, 5.41) is 25.9. The highest BCUT2D eigenvalue weighted by Gasteiger charge is 2.30. The summed E-state index contributed by atoms with van der Waals surface area (Å²) in [6.45, 7) is 3.87. The first kappa shape index (κ1) is 33.9. The fraction of sp³-hybridized carbons (Fsp3) is 0.727. The molecule has 0 aromatic rings. The molecule has 212 valence electrons. The van der Waals surface area contributed by atoms with Crippen LogP contribution < -0.4 is 33.2 Å². The van der Waals surface area contributed by atoms with Crippen molar-refractivity contribution in [1.82, 2.24) is 16.0 Å². The first-order valence-electron chi connectivity index (χ1n) is 11.9. The molecule has 37 heavy (non-hydrogen) atoms. The zero-order chi connectivity index (χ0) is 28.5. The van der Waals surface area contributed by atoms with Crippen molar-refractivity contribution in [3.8, 4) is 0 Å². The summed E-state index contributed by atoms with van der Waals surface area (Å²) >= 11 is 1.45. The Labute approximate surface area is 220 Å². The molecular weight excluding hydrogens is 506 g/mol. The summed E-state index contributed by atoms with van der Waals surface area (Å²) in [6.07, 6.45) is 2.26. The normalized spacial score (nSPS) is 14.1. The average Bonchev–Trinajstić information content (AvgIpc) is 2.80. The number of amides is 3. The van der Waals surface area contributed by atoms with Crippen molar-refractivity contribution < 1.29 is 34.2 Å². The summed E-state index contributed by atoms with van der Waals surface area (Å²) in [7, 11) is 0. The van der Waals surface area contributed by atoms with Gasteiger partial charge in [0.25, 0.3) is 0 Å². The first-order chi connectivity index (χ1) is 17.3. The Morgan fingerprint density at radius 1 is 0.865 bits per heavy atom. The predicted molar refractivity (Wildman–Crippen MR) is 141 cm³/mol. The first-order valence-corrected chi connectivity index (χ1v) is 13.3. The van der Waals surface area contributed by atoms with Gasteiger partial charge in [0.15, 0.2) is 5.96 Å². The molecule has 0 aliphatic carbocycles. The molecule has 0 aromatic carbocycles. The van der Waals surface area contributed by atoms with Crippen molar-refractivity contribution >= 4 is 47.4 Å². The van der Waals surface area contributed by atoms with Gasteiger partial charge in [-0.1, -0.05) is 13.8 Å². The number of nitrogens with two attached hydrogens (primary N) is 3. The molecule has 14 nitrogen and oxygen atoms in total. The molecule has 0 aromatic heterocycles. The highest BCUT2D eigenvalue weighted by atomic mass is 32.2. The number of thioether (sulfide) groups is 1. The molecule has 4 atom stereocenters. The van der Waals surface area contributed by atoms with Crippen LogP contribution in [0, 0.1) is 5.92 Å². The Balaban J connectivity index is 5.42. The summed E-state index contributed by atoms with van der Waals surface area (Å²) in [6, 6.07) is -4.41. The Bertz CT molecular complexity index is 806. The lowest BCUT2D eigenvalue weighted by molar-refractivity contribution is -0.142. The molecule has 0 radical (unpaired) electrons. The molecule has 4 unspecified atom stereocenters. The van der Waals surface area contributed by atoms with Crippen molar-refractivity contribution in [2.24, 2.45) is 28.1 Å². The van der Waals surface area contributed by atoms with Crippen LogP contribution in [0.1, 0.15) is 52.4 Å². The van der Waals surface area contributed by atoms with Gasteiger partial charge in [-0.3, -0.25) is 24.2 Å². The maximum absolute atomic E-state index is 13.1. The summed E-state index contributed by atoms with van der Waals surface area (Å²) in [5.74, 6) is -3.96. The standard InChI is InChI=1S/C22H41N7O7S/c1-12(2)11-16(20(34)28-15(21(35)36)5-4-9-26-22(24)25)29-19(33)14(8-10-37-3)27-18(32)13(23)6-7-17(30)31/h12-16H,4-11,23H2,1-3H3,(H,27,32)(H,28,34)(H,29,33)(H,30,31)(H,35,36)(H4,24,25,26). The van der Waals surface area contributed by atoms with Crippen molar-refractivity contribution in [1.29, 1.82) is 0 Å². The Morgan fingerprint density at radius 3 is 1.95 bits per heavy atom. The maximum atomic E-state index is 13.1. The average molecular weight is 548 g/mol. The molecule has 3 amide bonds. The number of aliphatic imine (C=N–C) groups is 1. The Hall–Kier alpha value is -3.07. The van der Waals surface area contributed by atoms with Gasteiger partial charge in [-0.25, -0.2) is 4.79 Å². The summed E-state index contributed by atoms with van der Waals surface area (Å²) in [4.78, 5) is 64.6. The SMILES string of the molecule is CSCCC(NC(=O)C(N)CCC(=O)O)C(=O)NC(CC(C)C)C(=O)NC(CCCN=C(N)N)C(=O)O. The van der Waals surface area contributed by atoms with Crippen LogP contribution in [0.4, 0.5) is 0 Å². The lowest BCUT2D eigenvalue weighted by Crippen LogP contribution is -2.57. The van der Waals surface area contributed by atoms with Crippen molar-refractivity contribution in [3.63, 3.8) is 0 Å². The molecule has 15 heteroatoms. The molecule has 0 aliphatic rings. The number of rotatable bonds is 19. The van der Waals surface area contributed by atoms with Gasteiger partial charge in [-0.15, -0.1) is 0 Å². The second kappa shape index (κ2) is 18.2. The third-order valence-corrected chi connectivity index (χ3v) is 5.79. The van der Waals surface area contributed by atoms with Crippen LogP contribution in [-0.4, -0.2) is 88.6 Å². The van der Waals surface area contributed by atoms with Crippen LogP contribution >= 0.6 is 11.8 Å². The highest BCUT2D eigenvalue weighted by molar-refractivity contribution is 7.98. The molecule has 0 saturated carbocycles. The molecule has 0 bridgehead atoms. The van der Waals surface area contributed by atoms with E-state index in [1.807, 2.05) is 20.1 Å². The van der Waals surface area contributed by atoms with Gasteiger partial charge in [0.2, 0.25) is 17.7 Å². The fourth-order valence-electron chi connectivity index (χ4n) is 3.20. The predicted octanol–water partition coefficient (Wildman–Crippen LogP) is -1.43. The van der Waals surface area contributed by atoms with E-state index in [0.717, 1.165) is 0 Å².